The third kappa shape index (κ3) is 3.21. The van der Waals surface area contributed by atoms with Crippen molar-refractivity contribution < 1.29 is 4.79 Å². The fraction of sp³-hybridized carbons (Fsp3) is 0.438. The van der Waals surface area contributed by atoms with E-state index in [0.29, 0.717) is 12.3 Å². The number of hydrogen-bond acceptors (Lipinski definition) is 4. The van der Waals surface area contributed by atoms with Crippen molar-refractivity contribution >= 4 is 38.6 Å². The molecular formula is C16H19BrN4O. The fourth-order valence-corrected chi connectivity index (χ4v) is 3.31. The van der Waals surface area contributed by atoms with Gasteiger partial charge in [0.1, 0.15) is 5.52 Å². The molecule has 116 valence electrons. The van der Waals surface area contributed by atoms with Crippen LogP contribution in [0.2, 0.25) is 0 Å². The molecule has 1 fully saturated rings. The summed E-state index contributed by atoms with van der Waals surface area (Å²) in [6, 6.07) is 4.02. The van der Waals surface area contributed by atoms with E-state index in [0.717, 1.165) is 47.1 Å². The van der Waals surface area contributed by atoms with Crippen LogP contribution in [-0.4, -0.2) is 36.0 Å². The van der Waals surface area contributed by atoms with E-state index < -0.39 is 0 Å². The number of anilines is 1. The lowest BCUT2D eigenvalue weighted by Crippen LogP contribution is -2.35. The number of amides is 1. The third-order valence-electron chi connectivity index (χ3n) is 4.23. The van der Waals surface area contributed by atoms with Crippen molar-refractivity contribution in [2.24, 2.45) is 5.92 Å². The Hall–Kier alpha value is -1.69. The minimum atomic E-state index is 0.138. The number of carbonyl (C=O) groups is 1. The maximum Gasteiger partial charge on any atom is 0.220 e. The van der Waals surface area contributed by atoms with E-state index in [-0.39, 0.29) is 5.91 Å². The summed E-state index contributed by atoms with van der Waals surface area (Å²) in [5.74, 6) is 0.616. The van der Waals surface area contributed by atoms with E-state index in [9.17, 15) is 4.79 Å². The fourth-order valence-electron chi connectivity index (χ4n) is 2.99. The molecular weight excluding hydrogens is 344 g/mol. The van der Waals surface area contributed by atoms with Crippen LogP contribution in [0, 0.1) is 5.92 Å². The Morgan fingerprint density at radius 2 is 2.18 bits per heavy atom. The number of pyridine rings is 2. The normalized spacial score (nSPS) is 16.0. The van der Waals surface area contributed by atoms with Crippen molar-refractivity contribution in [3.8, 4) is 0 Å². The number of aromatic nitrogens is 2. The summed E-state index contributed by atoms with van der Waals surface area (Å²) < 4.78 is 0.939. The van der Waals surface area contributed by atoms with Gasteiger partial charge in [-0.1, -0.05) is 0 Å². The van der Waals surface area contributed by atoms with Crippen molar-refractivity contribution in [1.82, 2.24) is 15.3 Å². The first kappa shape index (κ1) is 15.2. The molecule has 0 unspecified atom stereocenters. The summed E-state index contributed by atoms with van der Waals surface area (Å²) in [7, 11) is 1.70. The largest absolute Gasteiger partial charge is 0.370 e. The van der Waals surface area contributed by atoms with E-state index >= 15 is 0 Å². The third-order valence-corrected chi connectivity index (χ3v) is 4.66. The quantitative estimate of drug-likeness (QED) is 0.911. The van der Waals surface area contributed by atoms with Crippen molar-refractivity contribution in [3.05, 3.63) is 29.0 Å². The molecule has 0 atom stereocenters. The Kier molecular flexibility index (Phi) is 4.57. The van der Waals surface area contributed by atoms with Gasteiger partial charge in [-0.2, -0.15) is 0 Å². The average Bonchev–Trinajstić information content (AvgIpc) is 2.54. The second-order valence-corrected chi connectivity index (χ2v) is 6.57. The molecule has 2 aromatic rings. The van der Waals surface area contributed by atoms with Gasteiger partial charge in [0, 0.05) is 43.4 Å². The number of nitrogens with one attached hydrogen (secondary N) is 1. The molecule has 5 nitrogen and oxygen atoms in total. The standard InChI is InChI=1S/C16H19BrN4O/c1-18-15(22)8-11-3-6-21(7-4-11)14-2-5-19-13-9-12(17)10-20-16(13)14/h2,5,9-11H,3-4,6-8H2,1H3,(H,18,22). The van der Waals surface area contributed by atoms with Crippen LogP contribution in [0.4, 0.5) is 5.69 Å². The molecule has 3 heterocycles. The molecule has 0 spiro atoms. The van der Waals surface area contributed by atoms with Crippen LogP contribution in [-0.2, 0) is 4.79 Å². The van der Waals surface area contributed by atoms with E-state index in [4.69, 9.17) is 0 Å². The van der Waals surface area contributed by atoms with Gasteiger partial charge in [-0.15, -0.1) is 0 Å². The van der Waals surface area contributed by atoms with Crippen molar-refractivity contribution in [1.29, 1.82) is 0 Å². The Labute approximate surface area is 138 Å². The molecule has 6 heteroatoms. The second-order valence-electron chi connectivity index (χ2n) is 5.66. The molecule has 1 N–H and O–H groups in total. The van der Waals surface area contributed by atoms with Crippen LogP contribution in [0.5, 0.6) is 0 Å². The summed E-state index contributed by atoms with van der Waals surface area (Å²) in [5, 5.41) is 2.71. The van der Waals surface area contributed by atoms with E-state index in [2.05, 4.69) is 36.1 Å². The number of nitrogens with zero attached hydrogens (tertiary/aromatic N) is 3. The average molecular weight is 363 g/mol. The molecule has 1 amide bonds. The van der Waals surface area contributed by atoms with Gasteiger partial charge in [0.25, 0.3) is 0 Å². The minimum absolute atomic E-state index is 0.138. The lowest BCUT2D eigenvalue weighted by Gasteiger charge is -2.33. The zero-order chi connectivity index (χ0) is 15.5. The van der Waals surface area contributed by atoms with Crippen LogP contribution < -0.4 is 10.2 Å². The molecule has 0 aliphatic carbocycles. The van der Waals surface area contributed by atoms with E-state index in [1.807, 2.05) is 24.5 Å². The lowest BCUT2D eigenvalue weighted by atomic mass is 9.93. The summed E-state index contributed by atoms with van der Waals surface area (Å²) in [6.45, 7) is 1.91. The van der Waals surface area contributed by atoms with Crippen LogP contribution in [0.15, 0.2) is 29.0 Å². The Morgan fingerprint density at radius 1 is 1.41 bits per heavy atom. The van der Waals surface area contributed by atoms with Gasteiger partial charge in [0.2, 0.25) is 5.91 Å². The van der Waals surface area contributed by atoms with Crippen molar-refractivity contribution in [2.45, 2.75) is 19.3 Å². The lowest BCUT2D eigenvalue weighted by molar-refractivity contribution is -0.121. The topological polar surface area (TPSA) is 58.1 Å². The Bertz CT molecular complexity index is 683. The van der Waals surface area contributed by atoms with Gasteiger partial charge >= 0.3 is 0 Å². The van der Waals surface area contributed by atoms with E-state index in [1.54, 1.807) is 7.05 Å². The zero-order valence-corrected chi connectivity index (χ0v) is 14.1. The molecule has 1 aliphatic heterocycles. The predicted octanol–water partition coefficient (Wildman–Crippen LogP) is 2.74. The zero-order valence-electron chi connectivity index (χ0n) is 12.6. The highest BCUT2D eigenvalue weighted by molar-refractivity contribution is 9.10. The highest BCUT2D eigenvalue weighted by atomic mass is 79.9. The maximum absolute atomic E-state index is 11.5. The van der Waals surface area contributed by atoms with E-state index in [1.165, 1.54) is 0 Å². The molecule has 1 aliphatic rings. The molecule has 1 saturated heterocycles. The number of hydrogen-bond donors (Lipinski definition) is 1. The van der Waals surface area contributed by atoms with Gasteiger partial charge in [0.15, 0.2) is 0 Å². The van der Waals surface area contributed by atoms with Crippen LogP contribution >= 0.6 is 15.9 Å². The molecule has 2 aromatic heterocycles. The number of rotatable bonds is 3. The monoisotopic (exact) mass is 362 g/mol. The van der Waals surface area contributed by atoms with Gasteiger partial charge in [0.05, 0.1) is 11.2 Å². The SMILES string of the molecule is CNC(=O)CC1CCN(c2ccnc3cc(Br)cnc23)CC1. The minimum Gasteiger partial charge on any atom is -0.370 e. The first-order valence-electron chi connectivity index (χ1n) is 7.53. The highest BCUT2D eigenvalue weighted by Crippen LogP contribution is 2.29. The second kappa shape index (κ2) is 6.60. The molecule has 0 aromatic carbocycles. The molecule has 0 bridgehead atoms. The number of carbonyl (C=O) groups excluding carboxylic acids is 1. The van der Waals surface area contributed by atoms with Crippen LogP contribution in [0.3, 0.4) is 0 Å². The van der Waals surface area contributed by atoms with Crippen molar-refractivity contribution in [2.75, 3.05) is 25.0 Å². The highest BCUT2D eigenvalue weighted by Gasteiger charge is 2.22. The number of piperidine rings is 1. The predicted molar refractivity (Wildman–Crippen MR) is 90.9 cm³/mol. The summed E-state index contributed by atoms with van der Waals surface area (Å²) in [5.41, 5.74) is 2.98. The summed E-state index contributed by atoms with van der Waals surface area (Å²) in [6.07, 6.45) is 6.35. The molecule has 0 saturated carbocycles. The van der Waals surface area contributed by atoms with Gasteiger partial charge in [-0.3, -0.25) is 14.8 Å². The summed E-state index contributed by atoms with van der Waals surface area (Å²) in [4.78, 5) is 22.8. The maximum atomic E-state index is 11.5. The Morgan fingerprint density at radius 3 is 2.91 bits per heavy atom. The number of fused-ring (bicyclic) bond motifs is 1. The smallest absolute Gasteiger partial charge is 0.220 e. The van der Waals surface area contributed by atoms with Crippen molar-refractivity contribution in [3.63, 3.8) is 0 Å². The van der Waals surface area contributed by atoms with Crippen LogP contribution in [0.25, 0.3) is 11.0 Å². The van der Waals surface area contributed by atoms with Gasteiger partial charge < -0.3 is 10.2 Å². The molecule has 3 rings (SSSR count). The molecule has 0 radical (unpaired) electrons. The first-order valence-corrected chi connectivity index (χ1v) is 8.32. The first-order chi connectivity index (χ1) is 10.7. The number of halogens is 1. The van der Waals surface area contributed by atoms with Gasteiger partial charge in [-0.25, -0.2) is 0 Å². The molecule has 22 heavy (non-hydrogen) atoms. The van der Waals surface area contributed by atoms with Crippen LogP contribution in [0.1, 0.15) is 19.3 Å². The Balaban J connectivity index is 1.75. The summed E-state index contributed by atoms with van der Waals surface area (Å²) >= 11 is 3.44. The van der Waals surface area contributed by atoms with Gasteiger partial charge in [-0.05, 0) is 46.8 Å².